The normalized spacial score (nSPS) is 10.6. The first kappa shape index (κ1) is 18.2. The predicted molar refractivity (Wildman–Crippen MR) is 101 cm³/mol. The summed E-state index contributed by atoms with van der Waals surface area (Å²) in [6.07, 6.45) is 0. The van der Waals surface area contributed by atoms with Crippen LogP contribution in [-0.4, -0.2) is 18.2 Å². The van der Waals surface area contributed by atoms with Crippen LogP contribution in [-0.2, 0) is 6.54 Å². The van der Waals surface area contributed by atoms with Crippen molar-refractivity contribution in [2.24, 2.45) is 0 Å². The van der Waals surface area contributed by atoms with Crippen molar-refractivity contribution in [3.05, 3.63) is 69.9 Å². The molecule has 2 aromatic carbocycles. The Bertz CT molecular complexity index is 952. The molecule has 0 aliphatic carbocycles. The Morgan fingerprint density at radius 1 is 1.12 bits per heavy atom. The van der Waals surface area contributed by atoms with E-state index in [4.69, 9.17) is 37.5 Å². The molecule has 0 saturated heterocycles. The van der Waals surface area contributed by atoms with Gasteiger partial charge in [-0.25, -0.2) is 4.79 Å². The van der Waals surface area contributed by atoms with Gasteiger partial charge in [-0.15, -0.1) is 0 Å². The zero-order valence-corrected chi connectivity index (χ0v) is 15.3. The molecule has 2 N–H and O–H groups in total. The third-order valence-electron chi connectivity index (χ3n) is 3.76. The fraction of sp³-hybridized carbons (Fsp3) is 0.105. The Morgan fingerprint density at radius 3 is 2.58 bits per heavy atom. The van der Waals surface area contributed by atoms with Crippen molar-refractivity contribution in [2.45, 2.75) is 6.54 Å². The number of aromatic carboxylic acids is 1. The van der Waals surface area contributed by atoms with E-state index < -0.39 is 5.97 Å². The monoisotopic (exact) mass is 391 g/mol. The number of nitrogens with one attached hydrogen (secondary N) is 1. The van der Waals surface area contributed by atoms with Gasteiger partial charge in [-0.05, 0) is 48.5 Å². The molecule has 0 spiro atoms. The van der Waals surface area contributed by atoms with Crippen molar-refractivity contribution in [2.75, 3.05) is 12.4 Å². The number of carboxylic acids is 1. The number of halogens is 2. The maximum absolute atomic E-state index is 11.0. The highest BCUT2D eigenvalue weighted by molar-refractivity contribution is 6.33. The number of hydrogen-bond acceptors (Lipinski definition) is 4. The van der Waals surface area contributed by atoms with Gasteiger partial charge in [0.05, 0.1) is 29.3 Å². The number of carboxylic acid groups (broad SMARTS) is 1. The minimum Gasteiger partial charge on any atom is -0.495 e. The first-order valence-electron chi connectivity index (χ1n) is 7.67. The summed E-state index contributed by atoms with van der Waals surface area (Å²) in [6.45, 7) is 0.423. The fourth-order valence-corrected chi connectivity index (χ4v) is 2.95. The van der Waals surface area contributed by atoms with Crippen molar-refractivity contribution >= 4 is 34.9 Å². The van der Waals surface area contributed by atoms with Crippen LogP contribution < -0.4 is 10.1 Å². The Balaban J connectivity index is 1.70. The Labute approximate surface area is 160 Å². The van der Waals surface area contributed by atoms with Crippen LogP contribution in [0.15, 0.2) is 52.9 Å². The van der Waals surface area contributed by atoms with Crippen LogP contribution in [0.1, 0.15) is 16.1 Å². The lowest BCUT2D eigenvalue weighted by Gasteiger charge is -2.07. The largest absolute Gasteiger partial charge is 0.495 e. The molecule has 0 radical (unpaired) electrons. The first-order valence-corrected chi connectivity index (χ1v) is 8.43. The second kappa shape index (κ2) is 7.72. The molecule has 26 heavy (non-hydrogen) atoms. The summed E-state index contributed by atoms with van der Waals surface area (Å²) in [5.74, 6) is 0.942. The lowest BCUT2D eigenvalue weighted by atomic mass is 10.2. The topological polar surface area (TPSA) is 71.7 Å². The quantitative estimate of drug-likeness (QED) is 0.574. The van der Waals surface area contributed by atoms with E-state index >= 15 is 0 Å². The maximum Gasteiger partial charge on any atom is 0.337 e. The van der Waals surface area contributed by atoms with Gasteiger partial charge in [-0.2, -0.15) is 0 Å². The number of furan rings is 1. The molecular weight excluding hydrogens is 377 g/mol. The number of ether oxygens (including phenoxy) is 1. The minimum atomic E-state index is -1.06. The van der Waals surface area contributed by atoms with Crippen LogP contribution in [0.25, 0.3) is 11.3 Å². The number of benzene rings is 2. The van der Waals surface area contributed by atoms with E-state index in [-0.39, 0.29) is 10.6 Å². The lowest BCUT2D eigenvalue weighted by molar-refractivity contribution is 0.0697. The van der Waals surface area contributed by atoms with Crippen molar-refractivity contribution in [1.29, 1.82) is 0 Å². The Kier molecular flexibility index (Phi) is 5.40. The average molecular weight is 392 g/mol. The van der Waals surface area contributed by atoms with Gasteiger partial charge in [0, 0.05) is 11.3 Å². The molecule has 0 amide bonds. The summed E-state index contributed by atoms with van der Waals surface area (Å²) >= 11 is 12.1. The highest BCUT2D eigenvalue weighted by Crippen LogP contribution is 2.31. The maximum atomic E-state index is 11.0. The van der Waals surface area contributed by atoms with E-state index in [9.17, 15) is 4.79 Å². The number of anilines is 1. The molecule has 5 nitrogen and oxygen atoms in total. The van der Waals surface area contributed by atoms with Crippen LogP contribution in [0.2, 0.25) is 10.0 Å². The van der Waals surface area contributed by atoms with E-state index in [0.717, 1.165) is 5.56 Å². The Morgan fingerprint density at radius 2 is 1.92 bits per heavy atom. The smallest absolute Gasteiger partial charge is 0.337 e. The summed E-state index contributed by atoms with van der Waals surface area (Å²) in [7, 11) is 1.56. The standard InChI is InChI=1S/C19H15Cl2NO4/c1-25-18-6-2-11(8-16(18)21)17-7-4-13(26-17)10-22-12-3-5-14(19(23)24)15(20)9-12/h2-9,22H,10H2,1H3,(H,23,24). The van der Waals surface area contributed by atoms with Crippen LogP contribution >= 0.6 is 23.2 Å². The zero-order chi connectivity index (χ0) is 18.7. The highest BCUT2D eigenvalue weighted by atomic mass is 35.5. The van der Waals surface area contributed by atoms with Gasteiger partial charge in [-0.1, -0.05) is 23.2 Å². The molecule has 3 rings (SSSR count). The molecule has 0 fully saturated rings. The second-order valence-electron chi connectivity index (χ2n) is 5.47. The second-order valence-corrected chi connectivity index (χ2v) is 6.28. The molecule has 134 valence electrons. The van der Waals surface area contributed by atoms with E-state index in [1.54, 1.807) is 31.4 Å². The molecule has 0 aliphatic heterocycles. The van der Waals surface area contributed by atoms with Crippen LogP contribution in [0.4, 0.5) is 5.69 Å². The molecule has 0 unspecified atom stereocenters. The summed E-state index contributed by atoms with van der Waals surface area (Å²) in [5.41, 5.74) is 1.61. The molecule has 0 bridgehead atoms. The molecule has 1 heterocycles. The fourth-order valence-electron chi connectivity index (χ4n) is 2.44. The molecule has 0 aliphatic rings. The van der Waals surface area contributed by atoms with E-state index in [1.807, 2.05) is 18.2 Å². The third kappa shape index (κ3) is 3.95. The molecular formula is C19H15Cl2NO4. The van der Waals surface area contributed by atoms with Crippen LogP contribution in [0.3, 0.4) is 0 Å². The molecule has 3 aromatic rings. The van der Waals surface area contributed by atoms with E-state index in [1.165, 1.54) is 6.07 Å². The zero-order valence-electron chi connectivity index (χ0n) is 13.8. The van der Waals surface area contributed by atoms with Gasteiger partial charge in [-0.3, -0.25) is 0 Å². The summed E-state index contributed by atoms with van der Waals surface area (Å²) in [5, 5.41) is 12.8. The van der Waals surface area contributed by atoms with Crippen molar-refractivity contribution in [1.82, 2.24) is 0 Å². The molecule has 0 atom stereocenters. The number of rotatable bonds is 6. The summed E-state index contributed by atoms with van der Waals surface area (Å²) in [6, 6.07) is 13.8. The average Bonchev–Trinajstić information content (AvgIpc) is 3.08. The van der Waals surface area contributed by atoms with Crippen LogP contribution in [0.5, 0.6) is 5.75 Å². The van der Waals surface area contributed by atoms with Gasteiger partial charge in [0.2, 0.25) is 0 Å². The van der Waals surface area contributed by atoms with Crippen molar-refractivity contribution in [3.63, 3.8) is 0 Å². The lowest BCUT2D eigenvalue weighted by Crippen LogP contribution is -2.01. The number of methoxy groups -OCH3 is 1. The van der Waals surface area contributed by atoms with Crippen molar-refractivity contribution < 1.29 is 19.1 Å². The van der Waals surface area contributed by atoms with Gasteiger partial charge in [0.1, 0.15) is 17.3 Å². The highest BCUT2D eigenvalue weighted by Gasteiger charge is 2.10. The number of hydrogen-bond donors (Lipinski definition) is 2. The Hall–Kier alpha value is -2.63. The molecule has 1 aromatic heterocycles. The van der Waals surface area contributed by atoms with Gasteiger partial charge in [0.25, 0.3) is 0 Å². The van der Waals surface area contributed by atoms with Gasteiger partial charge >= 0.3 is 5.97 Å². The third-order valence-corrected chi connectivity index (χ3v) is 4.37. The molecule has 0 saturated carbocycles. The predicted octanol–water partition coefficient (Wildman–Crippen LogP) is 5.57. The first-order chi connectivity index (χ1) is 12.5. The summed E-state index contributed by atoms with van der Waals surface area (Å²) < 4.78 is 11.0. The number of carbonyl (C=O) groups is 1. The van der Waals surface area contributed by atoms with Gasteiger partial charge in [0.15, 0.2) is 0 Å². The SMILES string of the molecule is COc1ccc(-c2ccc(CNc3ccc(C(=O)O)c(Cl)c3)o2)cc1Cl. The molecule has 7 heteroatoms. The van der Waals surface area contributed by atoms with Gasteiger partial charge < -0.3 is 19.6 Å². The van der Waals surface area contributed by atoms with Crippen molar-refractivity contribution in [3.8, 4) is 17.1 Å². The summed E-state index contributed by atoms with van der Waals surface area (Å²) in [4.78, 5) is 11.0. The minimum absolute atomic E-state index is 0.0638. The van der Waals surface area contributed by atoms with E-state index in [0.29, 0.717) is 34.5 Å². The van der Waals surface area contributed by atoms with E-state index in [2.05, 4.69) is 5.32 Å². The van der Waals surface area contributed by atoms with Crippen LogP contribution in [0, 0.1) is 0 Å².